The Morgan fingerprint density at radius 2 is 2.09 bits per heavy atom. The Balaban J connectivity index is 3.61. The van der Waals surface area contributed by atoms with Crippen molar-refractivity contribution in [2.24, 2.45) is 0 Å². The van der Waals surface area contributed by atoms with E-state index in [1.165, 1.54) is 0 Å². The molecule has 0 aliphatic heterocycles. The van der Waals surface area contributed by atoms with Gasteiger partial charge in [0.05, 0.1) is 0 Å². The summed E-state index contributed by atoms with van der Waals surface area (Å²) in [5, 5.41) is 3.04. The third-order valence-electron chi connectivity index (χ3n) is 1.56. The topological polar surface area (TPSA) is 38.3 Å². The first-order valence-electron chi connectivity index (χ1n) is 3.86. The van der Waals surface area contributed by atoms with Crippen LogP contribution in [0.5, 0.6) is 0 Å². The fourth-order valence-corrected chi connectivity index (χ4v) is 0.435. The van der Waals surface area contributed by atoms with Crippen LogP contribution in [0.2, 0.25) is 0 Å². The van der Waals surface area contributed by atoms with Gasteiger partial charge in [-0.2, -0.15) is 0 Å². The van der Waals surface area contributed by atoms with Gasteiger partial charge < -0.3 is 10.1 Å². The SMILES string of the molecule is CCC(=O)OCC(C)(C)NC. The molecule has 0 aromatic carbocycles. The monoisotopic (exact) mass is 159 g/mol. The second-order valence-electron chi connectivity index (χ2n) is 3.15. The van der Waals surface area contributed by atoms with Crippen LogP contribution >= 0.6 is 0 Å². The molecule has 0 fully saturated rings. The lowest BCUT2D eigenvalue weighted by Gasteiger charge is -2.22. The Hall–Kier alpha value is -0.570. The zero-order chi connectivity index (χ0) is 8.91. The molecule has 0 heterocycles. The van der Waals surface area contributed by atoms with Gasteiger partial charge in [-0.3, -0.25) is 4.79 Å². The van der Waals surface area contributed by atoms with E-state index in [0.29, 0.717) is 13.0 Å². The molecule has 0 rings (SSSR count). The fourth-order valence-electron chi connectivity index (χ4n) is 0.435. The first-order valence-corrected chi connectivity index (χ1v) is 3.86. The molecule has 0 aliphatic carbocycles. The number of likely N-dealkylation sites (N-methyl/N-ethyl adjacent to an activating group) is 1. The quantitative estimate of drug-likeness (QED) is 0.620. The fraction of sp³-hybridized carbons (Fsp3) is 0.875. The minimum atomic E-state index is -0.145. The maximum absolute atomic E-state index is 10.7. The summed E-state index contributed by atoms with van der Waals surface area (Å²) in [5.41, 5.74) is -0.120. The van der Waals surface area contributed by atoms with Crippen LogP contribution in [0.15, 0.2) is 0 Å². The van der Waals surface area contributed by atoms with Crippen LogP contribution in [0.4, 0.5) is 0 Å². The van der Waals surface area contributed by atoms with Gasteiger partial charge in [-0.25, -0.2) is 0 Å². The van der Waals surface area contributed by atoms with Gasteiger partial charge in [-0.15, -0.1) is 0 Å². The Bertz CT molecular complexity index is 132. The Labute approximate surface area is 68.1 Å². The van der Waals surface area contributed by atoms with Gasteiger partial charge in [0, 0.05) is 12.0 Å². The number of esters is 1. The molecule has 0 aromatic rings. The molecule has 0 saturated heterocycles. The molecule has 0 radical (unpaired) electrons. The molecule has 3 nitrogen and oxygen atoms in total. The van der Waals surface area contributed by atoms with Crippen molar-refractivity contribution in [3.63, 3.8) is 0 Å². The summed E-state index contributed by atoms with van der Waals surface area (Å²) >= 11 is 0. The number of rotatable bonds is 4. The number of hydrogen-bond acceptors (Lipinski definition) is 3. The average Bonchev–Trinajstić information content (AvgIpc) is 2.00. The molecular weight excluding hydrogens is 142 g/mol. The molecule has 66 valence electrons. The van der Waals surface area contributed by atoms with E-state index in [-0.39, 0.29) is 11.5 Å². The van der Waals surface area contributed by atoms with E-state index >= 15 is 0 Å². The molecule has 1 N–H and O–H groups in total. The van der Waals surface area contributed by atoms with Crippen molar-refractivity contribution in [1.82, 2.24) is 5.32 Å². The highest BCUT2D eigenvalue weighted by atomic mass is 16.5. The molecule has 0 saturated carbocycles. The van der Waals surface area contributed by atoms with Gasteiger partial charge in [0.1, 0.15) is 6.61 Å². The number of nitrogens with one attached hydrogen (secondary N) is 1. The molecule has 0 aromatic heterocycles. The highest BCUT2D eigenvalue weighted by molar-refractivity contribution is 5.68. The van der Waals surface area contributed by atoms with E-state index in [4.69, 9.17) is 4.74 Å². The third kappa shape index (κ3) is 4.79. The van der Waals surface area contributed by atoms with Crippen molar-refractivity contribution in [2.75, 3.05) is 13.7 Å². The molecule has 0 bridgehead atoms. The van der Waals surface area contributed by atoms with E-state index in [0.717, 1.165) is 0 Å². The highest BCUT2D eigenvalue weighted by Gasteiger charge is 2.16. The Morgan fingerprint density at radius 3 is 2.45 bits per heavy atom. The number of hydrogen-bond donors (Lipinski definition) is 1. The van der Waals surface area contributed by atoms with Crippen LogP contribution in [-0.4, -0.2) is 25.2 Å². The Kier molecular flexibility index (Phi) is 4.11. The van der Waals surface area contributed by atoms with Crippen molar-refractivity contribution in [3.05, 3.63) is 0 Å². The van der Waals surface area contributed by atoms with Crippen molar-refractivity contribution in [3.8, 4) is 0 Å². The minimum absolute atomic E-state index is 0.120. The maximum Gasteiger partial charge on any atom is 0.305 e. The van der Waals surface area contributed by atoms with E-state index in [1.54, 1.807) is 6.92 Å². The standard InChI is InChI=1S/C8H17NO2/c1-5-7(10)11-6-8(2,3)9-4/h9H,5-6H2,1-4H3. The lowest BCUT2D eigenvalue weighted by Crippen LogP contribution is -2.41. The molecule has 11 heavy (non-hydrogen) atoms. The van der Waals surface area contributed by atoms with Crippen molar-refractivity contribution >= 4 is 5.97 Å². The summed E-state index contributed by atoms with van der Waals surface area (Å²) in [6, 6.07) is 0. The molecule has 0 unspecified atom stereocenters. The summed E-state index contributed by atoms with van der Waals surface area (Å²) in [4.78, 5) is 10.7. The zero-order valence-electron chi connectivity index (χ0n) is 7.73. The molecule has 0 atom stereocenters. The predicted octanol–water partition coefficient (Wildman–Crippen LogP) is 0.938. The van der Waals surface area contributed by atoms with Gasteiger partial charge in [-0.1, -0.05) is 6.92 Å². The second kappa shape index (κ2) is 4.34. The largest absolute Gasteiger partial charge is 0.464 e. The third-order valence-corrected chi connectivity index (χ3v) is 1.56. The Morgan fingerprint density at radius 1 is 1.55 bits per heavy atom. The van der Waals surface area contributed by atoms with E-state index in [1.807, 2.05) is 20.9 Å². The predicted molar refractivity (Wildman–Crippen MR) is 44.4 cm³/mol. The zero-order valence-corrected chi connectivity index (χ0v) is 7.73. The summed E-state index contributed by atoms with van der Waals surface area (Å²) in [5.74, 6) is -0.145. The molecule has 3 heteroatoms. The van der Waals surface area contributed by atoms with Gasteiger partial charge in [0.15, 0.2) is 0 Å². The molecular formula is C8H17NO2. The van der Waals surface area contributed by atoms with Gasteiger partial charge in [0.2, 0.25) is 0 Å². The summed E-state index contributed by atoms with van der Waals surface area (Å²) in [6.07, 6.45) is 0.444. The van der Waals surface area contributed by atoms with Crippen molar-refractivity contribution in [2.45, 2.75) is 32.7 Å². The van der Waals surface area contributed by atoms with E-state index in [2.05, 4.69) is 5.32 Å². The van der Waals surface area contributed by atoms with Crippen molar-refractivity contribution < 1.29 is 9.53 Å². The summed E-state index contributed by atoms with van der Waals surface area (Å²) in [7, 11) is 1.85. The van der Waals surface area contributed by atoms with Crippen LogP contribution in [0.25, 0.3) is 0 Å². The molecule has 0 amide bonds. The minimum Gasteiger partial charge on any atom is -0.464 e. The smallest absolute Gasteiger partial charge is 0.305 e. The van der Waals surface area contributed by atoms with Gasteiger partial charge >= 0.3 is 5.97 Å². The highest BCUT2D eigenvalue weighted by Crippen LogP contribution is 2.01. The summed E-state index contributed by atoms with van der Waals surface area (Å²) in [6.45, 7) is 6.18. The van der Waals surface area contributed by atoms with Gasteiger partial charge in [0.25, 0.3) is 0 Å². The van der Waals surface area contributed by atoms with Gasteiger partial charge in [-0.05, 0) is 20.9 Å². The van der Waals surface area contributed by atoms with Crippen LogP contribution in [-0.2, 0) is 9.53 Å². The lowest BCUT2D eigenvalue weighted by atomic mass is 10.1. The second-order valence-corrected chi connectivity index (χ2v) is 3.15. The van der Waals surface area contributed by atoms with Crippen LogP contribution in [0, 0.1) is 0 Å². The van der Waals surface area contributed by atoms with Crippen molar-refractivity contribution in [1.29, 1.82) is 0 Å². The average molecular weight is 159 g/mol. The lowest BCUT2D eigenvalue weighted by molar-refractivity contribution is -0.145. The first-order chi connectivity index (χ1) is 5.02. The van der Waals surface area contributed by atoms with Crippen LogP contribution < -0.4 is 5.32 Å². The maximum atomic E-state index is 10.7. The number of carbonyl (C=O) groups is 1. The van der Waals surface area contributed by atoms with E-state index in [9.17, 15) is 4.79 Å². The van der Waals surface area contributed by atoms with Crippen LogP contribution in [0.3, 0.4) is 0 Å². The number of ether oxygens (including phenoxy) is 1. The number of carbonyl (C=O) groups excluding carboxylic acids is 1. The normalized spacial score (nSPS) is 11.3. The molecule has 0 spiro atoms. The summed E-state index contributed by atoms with van der Waals surface area (Å²) < 4.78 is 4.95. The molecule has 0 aliphatic rings. The van der Waals surface area contributed by atoms with Crippen LogP contribution in [0.1, 0.15) is 27.2 Å². The first kappa shape index (κ1) is 10.4. The van der Waals surface area contributed by atoms with E-state index < -0.39 is 0 Å².